The van der Waals surface area contributed by atoms with Crippen molar-refractivity contribution in [3.05, 3.63) is 149 Å². The quantitative estimate of drug-likeness (QED) is 0.0538. The molecule has 5 heterocycles. The Hall–Kier alpha value is -8.18. The number of carbonyl (C=O) groups is 6. The Morgan fingerprint density at radius 3 is 2.07 bits per heavy atom. The zero-order valence-electron chi connectivity index (χ0n) is 40.9. The van der Waals surface area contributed by atoms with E-state index in [9.17, 15) is 19.5 Å². The minimum atomic E-state index is -2.14. The summed E-state index contributed by atoms with van der Waals surface area (Å²) in [6.07, 6.45) is 0.943. The van der Waals surface area contributed by atoms with Crippen LogP contribution in [0.25, 0.3) is 0 Å². The second kappa shape index (κ2) is 22.3. The molecule has 19 nitrogen and oxygen atoms in total. The van der Waals surface area contributed by atoms with E-state index >= 15 is 14.4 Å². The Morgan fingerprint density at radius 1 is 0.770 bits per heavy atom. The predicted octanol–water partition coefficient (Wildman–Crippen LogP) is 4.35. The number of imide groups is 1. The minimum Gasteiger partial charge on any atom is -0.491 e. The number of aliphatic hydroxyl groups is 1. The van der Waals surface area contributed by atoms with Crippen LogP contribution in [0, 0.1) is 23.7 Å². The number of anilines is 2. The van der Waals surface area contributed by atoms with Crippen LogP contribution in [0.2, 0.25) is 0 Å². The van der Waals surface area contributed by atoms with Crippen molar-refractivity contribution in [1.29, 1.82) is 0 Å². The lowest BCUT2D eigenvalue weighted by Gasteiger charge is -2.46. The van der Waals surface area contributed by atoms with Crippen LogP contribution >= 0.6 is 0 Å². The average molecular weight is 1010 g/mol. The van der Waals surface area contributed by atoms with Gasteiger partial charge in [-0.15, -0.1) is 0 Å². The van der Waals surface area contributed by atoms with E-state index in [0.29, 0.717) is 41.5 Å². The molecule has 4 aliphatic heterocycles. The van der Waals surface area contributed by atoms with E-state index in [1.165, 1.54) is 13.2 Å². The first-order chi connectivity index (χ1) is 36.1. The lowest BCUT2D eigenvalue weighted by Crippen LogP contribution is -2.59. The maximum atomic E-state index is 16.6. The van der Waals surface area contributed by atoms with Crippen molar-refractivity contribution in [2.24, 2.45) is 11.8 Å². The Labute approximate surface area is 426 Å². The molecule has 1 aromatic heterocycles. The van der Waals surface area contributed by atoms with Gasteiger partial charge >= 0.3 is 24.0 Å². The van der Waals surface area contributed by atoms with Gasteiger partial charge in [0.15, 0.2) is 5.92 Å². The molecule has 0 saturated carbocycles. The average Bonchev–Trinajstić information content (AvgIpc) is 3.90. The van der Waals surface area contributed by atoms with Gasteiger partial charge in [-0.05, 0) is 58.7 Å². The molecule has 9 rings (SSSR count). The van der Waals surface area contributed by atoms with Gasteiger partial charge in [0, 0.05) is 57.7 Å². The molecule has 3 fully saturated rings. The van der Waals surface area contributed by atoms with Gasteiger partial charge < -0.3 is 43.3 Å². The molecule has 0 radical (unpaired) electrons. The summed E-state index contributed by atoms with van der Waals surface area (Å²) in [6.45, 7) is 0.467. The third kappa shape index (κ3) is 9.38. The number of cyclic esters (lactones) is 1. The number of benzene rings is 4. The van der Waals surface area contributed by atoms with E-state index in [4.69, 9.17) is 28.4 Å². The van der Waals surface area contributed by atoms with Gasteiger partial charge in [0.2, 0.25) is 17.8 Å². The molecule has 6 unspecified atom stereocenters. The van der Waals surface area contributed by atoms with Crippen molar-refractivity contribution >= 4 is 47.5 Å². The highest BCUT2D eigenvalue weighted by atomic mass is 16.6. The fourth-order valence-corrected chi connectivity index (χ4v) is 10.7. The van der Waals surface area contributed by atoms with Gasteiger partial charge in [0.05, 0.1) is 51.1 Å². The van der Waals surface area contributed by atoms with Crippen molar-refractivity contribution in [3.8, 4) is 17.6 Å². The standard InChI is InChI=1S/C55H54N6O13/c1-69-32-33-73-54(68)60-42-23-18-35(12-10-17-40(49(64)70-2)50(65)71-3)34-41(42)55(52(60)67)43(48(63)58-26-28-59(29-27-58)53-56-24-11-25-57-53)45-51(66)74-46(37-15-8-5-9-16-37)44(36-13-6-4-7-14-36)61(45)47(55)38-19-21-39(22-20-38)72-31-30-62/h4-9,11,13-16,18-25,34,40,43-47,62H,17,26-33H2,1-3H3. The lowest BCUT2D eigenvalue weighted by atomic mass is 9.65. The van der Waals surface area contributed by atoms with Crippen LogP contribution < -0.4 is 14.5 Å². The van der Waals surface area contributed by atoms with E-state index in [-0.39, 0.29) is 62.8 Å². The van der Waals surface area contributed by atoms with E-state index in [1.807, 2.05) is 70.5 Å². The Balaban J connectivity index is 1.31. The van der Waals surface area contributed by atoms with Crippen molar-refractivity contribution in [1.82, 2.24) is 19.8 Å². The zero-order valence-corrected chi connectivity index (χ0v) is 40.9. The maximum Gasteiger partial charge on any atom is 0.421 e. The summed E-state index contributed by atoms with van der Waals surface area (Å²) in [4.78, 5) is 104. The monoisotopic (exact) mass is 1010 g/mol. The number of fused-ring (bicyclic) bond motifs is 3. The number of carbonyl (C=O) groups excluding carboxylic acids is 6. The third-order valence-corrected chi connectivity index (χ3v) is 13.9. The highest BCUT2D eigenvalue weighted by molar-refractivity contribution is 6.23. The van der Waals surface area contributed by atoms with E-state index in [1.54, 1.807) is 59.8 Å². The van der Waals surface area contributed by atoms with Crippen molar-refractivity contribution < 1.29 is 62.3 Å². The molecule has 1 N–H and O–H groups in total. The van der Waals surface area contributed by atoms with Crippen molar-refractivity contribution in [2.75, 3.05) is 83.7 Å². The van der Waals surface area contributed by atoms with E-state index in [2.05, 4.69) is 21.8 Å². The van der Waals surface area contributed by atoms with Gasteiger partial charge in [-0.3, -0.25) is 28.9 Å². The van der Waals surface area contributed by atoms with Crippen LogP contribution in [-0.2, 0) is 53.1 Å². The van der Waals surface area contributed by atoms with E-state index < -0.39 is 77.3 Å². The minimum absolute atomic E-state index is 0.00233. The van der Waals surface area contributed by atoms with Crippen molar-refractivity contribution in [3.63, 3.8) is 0 Å². The number of hydrogen-bond donors (Lipinski definition) is 1. The summed E-state index contributed by atoms with van der Waals surface area (Å²) in [5.41, 5.74) is 0.228. The smallest absolute Gasteiger partial charge is 0.421 e. The topological polar surface area (TPSA) is 217 Å². The molecule has 74 heavy (non-hydrogen) atoms. The summed E-state index contributed by atoms with van der Waals surface area (Å²) >= 11 is 0. The largest absolute Gasteiger partial charge is 0.491 e. The van der Waals surface area contributed by atoms with Gasteiger partial charge in [0.1, 0.15) is 36.5 Å². The summed E-state index contributed by atoms with van der Waals surface area (Å²) in [7, 11) is 3.73. The van der Waals surface area contributed by atoms with Crippen LogP contribution in [0.5, 0.6) is 5.75 Å². The van der Waals surface area contributed by atoms with Crippen LogP contribution in [-0.4, -0.2) is 141 Å². The molecular formula is C55H54N6O13. The highest BCUT2D eigenvalue weighted by Crippen LogP contribution is 2.66. The molecule has 3 saturated heterocycles. The summed E-state index contributed by atoms with van der Waals surface area (Å²) in [6, 6.07) is 28.3. The summed E-state index contributed by atoms with van der Waals surface area (Å²) in [5, 5.41) is 9.64. The molecule has 19 heteroatoms. The zero-order chi connectivity index (χ0) is 51.9. The molecule has 4 aliphatic rings. The fourth-order valence-electron chi connectivity index (χ4n) is 10.7. The first-order valence-electron chi connectivity index (χ1n) is 24.1. The molecule has 1 spiro atoms. The number of rotatable bonds is 14. The Kier molecular flexibility index (Phi) is 15.3. The molecule has 0 bridgehead atoms. The first-order valence-corrected chi connectivity index (χ1v) is 24.1. The number of nitrogens with zero attached hydrogens (tertiary/aromatic N) is 6. The lowest BCUT2D eigenvalue weighted by molar-refractivity contribution is -0.179. The van der Waals surface area contributed by atoms with Gasteiger partial charge in [-0.2, -0.15) is 0 Å². The number of esters is 3. The second-order valence-corrected chi connectivity index (χ2v) is 17.9. The summed E-state index contributed by atoms with van der Waals surface area (Å²) in [5.74, 6) is -0.0114. The molecule has 382 valence electrons. The number of morpholine rings is 1. The van der Waals surface area contributed by atoms with E-state index in [0.717, 1.165) is 19.1 Å². The molecule has 0 aliphatic carbocycles. The van der Waals surface area contributed by atoms with Gasteiger partial charge in [0.25, 0.3) is 0 Å². The maximum absolute atomic E-state index is 16.6. The van der Waals surface area contributed by atoms with Crippen LogP contribution in [0.3, 0.4) is 0 Å². The van der Waals surface area contributed by atoms with Gasteiger partial charge in [-0.1, -0.05) is 84.6 Å². The number of aliphatic hydroxyl groups excluding tert-OH is 1. The normalized spacial score (nSPS) is 22.1. The number of aromatic nitrogens is 2. The molecule has 3 amide bonds. The van der Waals surface area contributed by atoms with Crippen LogP contribution in [0.4, 0.5) is 16.4 Å². The number of ether oxygens (including phenoxy) is 6. The summed E-state index contributed by atoms with van der Waals surface area (Å²) < 4.78 is 33.1. The predicted molar refractivity (Wildman–Crippen MR) is 264 cm³/mol. The number of hydrogen-bond acceptors (Lipinski definition) is 17. The first kappa shape index (κ1) is 50.7. The Morgan fingerprint density at radius 2 is 1.43 bits per heavy atom. The SMILES string of the molecule is COCCOC(=O)N1C(=O)C2(c3cc(C#CCC(C(=O)OC)C(=O)OC)ccc31)C(C(=O)N1CCN(c3ncccn3)CC1)C1C(=O)OC(c3ccccc3)C(c3ccccc3)N1C2c1ccc(OCCO)cc1. The fraction of sp³-hybridized carbons (Fsp3) is 0.345. The molecule has 6 atom stereocenters. The second-order valence-electron chi connectivity index (χ2n) is 17.9. The molecule has 4 aromatic carbocycles. The molecule has 5 aromatic rings. The van der Waals surface area contributed by atoms with Crippen LogP contribution in [0.15, 0.2) is 122 Å². The Bertz CT molecular complexity index is 2910. The van der Waals surface area contributed by atoms with Crippen molar-refractivity contribution in [2.45, 2.75) is 36.1 Å². The number of piperazine rings is 1. The highest BCUT2D eigenvalue weighted by Gasteiger charge is 2.76. The van der Waals surface area contributed by atoms with Gasteiger partial charge in [-0.25, -0.2) is 19.7 Å². The molecular weight excluding hydrogens is 953 g/mol. The van der Waals surface area contributed by atoms with Crippen LogP contribution in [0.1, 0.15) is 52.4 Å². The number of amides is 3. The number of methoxy groups -OCH3 is 3. The third-order valence-electron chi connectivity index (χ3n) is 13.9.